The minimum atomic E-state index is -0.753. The number of aryl methyl sites for hydroxylation is 6. The Morgan fingerprint density at radius 2 is 0.653 bits per heavy atom. The Hall–Kier alpha value is -1.96. The van der Waals surface area contributed by atoms with Gasteiger partial charge in [0, 0.05) is 113 Å². The summed E-state index contributed by atoms with van der Waals surface area (Å²) in [5, 5.41) is 81.9. The van der Waals surface area contributed by atoms with Crippen LogP contribution in [-0.4, -0.2) is 127 Å². The van der Waals surface area contributed by atoms with Crippen LogP contribution in [0.1, 0.15) is 165 Å². The van der Waals surface area contributed by atoms with Crippen molar-refractivity contribution < 1.29 is 40.2 Å². The van der Waals surface area contributed by atoms with Gasteiger partial charge in [-0.25, -0.2) is 0 Å². The average Bonchev–Trinajstić information content (AvgIpc) is 0.898. The Kier molecular flexibility index (Phi) is 60.8. The fourth-order valence-electron chi connectivity index (χ4n) is 10.1. The predicted octanol–water partition coefficient (Wildman–Crippen LogP) is 14.3. The highest BCUT2D eigenvalue weighted by molar-refractivity contribution is 14.2. The molecule has 0 spiro atoms. The summed E-state index contributed by atoms with van der Waals surface area (Å²) in [6.45, 7) is 24.4. The maximum atomic E-state index is 11.3. The van der Waals surface area contributed by atoms with Crippen molar-refractivity contribution in [1.82, 2.24) is 26.6 Å². The molecular formula is C73H112B4I4N8O8P4. The van der Waals surface area contributed by atoms with Gasteiger partial charge in [-0.05, 0) is 169 Å². The van der Waals surface area contributed by atoms with E-state index in [4.69, 9.17) is 62.2 Å². The fraction of sp³-hybridized carbons (Fsp3) is 0.479. The molecule has 0 amide bonds. The van der Waals surface area contributed by atoms with E-state index >= 15 is 0 Å². The number of aromatic hydroxyl groups is 6. The van der Waals surface area contributed by atoms with E-state index < -0.39 is 21.8 Å². The second-order valence-corrected chi connectivity index (χ2v) is 41.0. The SMILES string of the molecule is C=O.C=O.CCCCCCCCCc1ccc(O)cc1.NCCN.[B]P(I)c1cc(C)c(O)c(CNCCN)c1.[B]P(I)c1cc(C)c(O)c(CNCCNCc2cc(CCCCCCCCC)cc(CNCCNCc3cc(P([B])I)cc(C)c3O)c2O)c1.[B]P(I)c1ccc(O)c(C)c1. The van der Waals surface area contributed by atoms with Crippen molar-refractivity contribution in [2.24, 2.45) is 17.2 Å². The Morgan fingerprint density at radius 1 is 0.356 bits per heavy atom. The van der Waals surface area contributed by atoms with Gasteiger partial charge in [0.15, 0.2) is 0 Å². The maximum Gasteiger partial charge on any atom is 0.129 e. The van der Waals surface area contributed by atoms with E-state index in [9.17, 15) is 25.5 Å². The van der Waals surface area contributed by atoms with E-state index in [0.717, 1.165) is 123 Å². The molecule has 0 aliphatic heterocycles. The third-order valence-electron chi connectivity index (χ3n) is 15.7. The monoisotopic (exact) mass is 1900 g/mol. The molecule has 16 nitrogen and oxygen atoms in total. The first-order valence-electron chi connectivity index (χ1n) is 34.3. The van der Waals surface area contributed by atoms with Gasteiger partial charge in [-0.15, -0.1) is 0 Å². The van der Waals surface area contributed by atoms with Gasteiger partial charge in [-0.1, -0.05) is 231 Å². The van der Waals surface area contributed by atoms with Crippen molar-refractivity contribution >= 4 is 175 Å². The first kappa shape index (κ1) is 99.0. The molecule has 101 heavy (non-hydrogen) atoms. The lowest BCUT2D eigenvalue weighted by molar-refractivity contribution is -0.0987. The lowest BCUT2D eigenvalue weighted by Crippen LogP contribution is -2.28. The molecule has 6 aromatic rings. The van der Waals surface area contributed by atoms with Gasteiger partial charge in [-0.3, -0.25) is 0 Å². The zero-order valence-electron chi connectivity index (χ0n) is 60.4. The number of unbranched alkanes of at least 4 members (excludes halogenated alkanes) is 12. The number of rotatable bonds is 39. The lowest BCUT2D eigenvalue weighted by Gasteiger charge is -2.16. The molecule has 28 heteroatoms. The minimum absolute atomic E-state index is 0.323. The molecule has 8 radical (unpaired) electrons. The molecule has 6 rings (SSSR count). The zero-order chi connectivity index (χ0) is 76.1. The number of carbonyl (C=O) groups excluding carboxylic acids is 2. The summed E-state index contributed by atoms with van der Waals surface area (Å²) in [4.78, 5) is 16.0. The fourth-order valence-corrected chi connectivity index (χ4v) is 15.8. The van der Waals surface area contributed by atoms with Gasteiger partial charge in [0.05, 0.1) is 0 Å². The summed E-state index contributed by atoms with van der Waals surface area (Å²) in [7, 11) is 23.8. The van der Waals surface area contributed by atoms with Gasteiger partial charge >= 0.3 is 0 Å². The lowest BCUT2D eigenvalue weighted by atomic mass is 9.98. The first-order valence-corrected chi connectivity index (χ1v) is 51.1. The van der Waals surface area contributed by atoms with Crippen molar-refractivity contribution in [3.8, 4) is 34.5 Å². The van der Waals surface area contributed by atoms with Crippen molar-refractivity contribution in [2.45, 2.75) is 177 Å². The molecule has 0 saturated carbocycles. The number of benzene rings is 6. The summed E-state index contributed by atoms with van der Waals surface area (Å²) in [6, 6.07) is 29.2. The third-order valence-corrected chi connectivity index (χ3v) is 25.4. The second-order valence-electron chi connectivity index (χ2n) is 23.9. The quantitative estimate of drug-likeness (QED) is 0.00739. The van der Waals surface area contributed by atoms with E-state index in [1.807, 2.05) is 102 Å². The Balaban J connectivity index is 0.00000157. The Bertz CT molecular complexity index is 3070. The molecule has 6 aromatic carbocycles. The molecule has 0 aliphatic carbocycles. The molecule has 552 valence electrons. The van der Waals surface area contributed by atoms with Crippen LogP contribution in [0.15, 0.2) is 91.0 Å². The number of halogens is 4. The number of phenolic OH excluding ortho intramolecular Hbond substituents is 6. The minimum Gasteiger partial charge on any atom is -0.508 e. The molecule has 0 fully saturated rings. The molecule has 4 atom stereocenters. The van der Waals surface area contributed by atoms with E-state index in [0.29, 0.717) is 86.9 Å². The van der Waals surface area contributed by atoms with E-state index in [1.165, 1.54) is 94.6 Å². The van der Waals surface area contributed by atoms with Crippen molar-refractivity contribution in [1.29, 1.82) is 0 Å². The predicted molar refractivity (Wildman–Crippen MR) is 476 cm³/mol. The average molecular weight is 1900 g/mol. The molecule has 0 heterocycles. The highest BCUT2D eigenvalue weighted by Crippen LogP contribution is 2.42. The summed E-state index contributed by atoms with van der Waals surface area (Å²) >= 11 is 8.91. The molecule has 0 saturated heterocycles. The number of nitrogens with two attached hydrogens (primary N) is 3. The van der Waals surface area contributed by atoms with Crippen LogP contribution in [0.4, 0.5) is 0 Å². The van der Waals surface area contributed by atoms with Gasteiger partial charge in [0.25, 0.3) is 0 Å². The Morgan fingerprint density at radius 3 is 0.960 bits per heavy atom. The summed E-state index contributed by atoms with van der Waals surface area (Å²) in [6.07, 6.45) is 20.5. The van der Waals surface area contributed by atoms with E-state index in [1.54, 1.807) is 18.2 Å². The van der Waals surface area contributed by atoms with Crippen LogP contribution >= 0.6 is 110 Å². The van der Waals surface area contributed by atoms with Gasteiger partial charge in [0.1, 0.15) is 78.3 Å². The topological polar surface area (TPSA) is 294 Å². The highest BCUT2D eigenvalue weighted by Gasteiger charge is 2.15. The molecule has 0 bridgehead atoms. The normalized spacial score (nSPS) is 11.8. The molecular weight excluding hydrogens is 1790 g/mol. The molecule has 0 aromatic heterocycles. The standard InChI is InChI=1S/C37H54B2I2N4O3P2.C15H24O.C10H15BIN2OP.C7H7BIOP.C2H8N2.2CH2O/c1-4-5-6-7-8-9-10-11-28-18-29(22-42-12-14-44-24-31-20-33(49(38)40)16-26(2)35(31)46)37(48)30(19-28)23-43-13-15-45-25-32-21-34(50(39)41)17-27(3)36(32)47;1-2-3-4-5-6-7-8-9-14-10-12-15(16)13-11-14;1-7-4-9(16(11)12)5-8(10(7)15)6-14-3-2-13;1-5-4-6(11(8)9)2-3-7(5)10;3-1-2-4;2*1-2/h16-21,42-48H,4-15,22-25H2,1-3H3;10-13,16H,2-9H2,1H3;4-5,14-15H,2-3,6,13H2,1H3;2-4,10H,1H3;1-4H2;2*1H2. The summed E-state index contributed by atoms with van der Waals surface area (Å²) in [5.74, 6) is 2.04. The number of carbonyl (C=O) groups is 2. The van der Waals surface area contributed by atoms with Crippen LogP contribution in [0.5, 0.6) is 34.5 Å². The van der Waals surface area contributed by atoms with Crippen molar-refractivity contribution in [3.05, 3.63) is 152 Å². The maximum absolute atomic E-state index is 11.3. The molecule has 0 aliphatic rings. The number of nitrogens with one attached hydrogen (secondary N) is 5. The van der Waals surface area contributed by atoms with Crippen LogP contribution in [0.2, 0.25) is 0 Å². The Labute approximate surface area is 668 Å². The molecule has 17 N–H and O–H groups in total. The van der Waals surface area contributed by atoms with Gasteiger partial charge in [-0.2, -0.15) is 0 Å². The van der Waals surface area contributed by atoms with Crippen LogP contribution in [-0.2, 0) is 55.2 Å². The van der Waals surface area contributed by atoms with Crippen LogP contribution in [0.3, 0.4) is 0 Å². The summed E-state index contributed by atoms with van der Waals surface area (Å²) < 4.78 is 0. The number of hydrogen-bond acceptors (Lipinski definition) is 16. The first-order chi connectivity index (χ1) is 48.4. The van der Waals surface area contributed by atoms with E-state index in [-0.39, 0.29) is 0 Å². The van der Waals surface area contributed by atoms with Crippen LogP contribution in [0.25, 0.3) is 0 Å². The van der Waals surface area contributed by atoms with E-state index in [2.05, 4.69) is 141 Å². The van der Waals surface area contributed by atoms with Gasteiger partial charge in [0.2, 0.25) is 0 Å². The molecule has 4 unspecified atom stereocenters. The van der Waals surface area contributed by atoms with Crippen LogP contribution in [0, 0.1) is 27.7 Å². The van der Waals surface area contributed by atoms with Crippen molar-refractivity contribution in [3.63, 3.8) is 0 Å². The summed E-state index contributed by atoms with van der Waals surface area (Å²) in [5.41, 5.74) is 23.0. The third kappa shape index (κ3) is 44.2. The highest BCUT2D eigenvalue weighted by atomic mass is 127. The van der Waals surface area contributed by atoms with Gasteiger partial charge < -0.3 is 84.0 Å². The smallest absolute Gasteiger partial charge is 0.129 e. The van der Waals surface area contributed by atoms with Crippen molar-refractivity contribution in [2.75, 3.05) is 52.4 Å². The number of hydrogen-bond donors (Lipinski definition) is 14. The zero-order valence-corrected chi connectivity index (χ0v) is 72.6. The second kappa shape index (κ2) is 62.0. The van der Waals surface area contributed by atoms with Crippen LogP contribution < -0.4 is 65.0 Å². The largest absolute Gasteiger partial charge is 0.508 e. The number of phenols is 6.